The first-order chi connectivity index (χ1) is 9.08. The normalized spacial score (nSPS) is 15.9. The lowest BCUT2D eigenvalue weighted by Gasteiger charge is -2.23. The Balaban J connectivity index is 2.31. The molecular weight excluding hydrogens is 242 g/mol. The maximum Gasteiger partial charge on any atom is 0.328 e. The predicted molar refractivity (Wildman–Crippen MR) is 73.1 cm³/mol. The Labute approximate surface area is 112 Å². The van der Waals surface area contributed by atoms with Gasteiger partial charge in [-0.1, -0.05) is 18.2 Å². The van der Waals surface area contributed by atoms with Crippen LogP contribution in [0.2, 0.25) is 0 Å². The van der Waals surface area contributed by atoms with Crippen LogP contribution in [0.25, 0.3) is 0 Å². The van der Waals surface area contributed by atoms with Crippen LogP contribution in [0, 0.1) is 0 Å². The first-order valence-electron chi connectivity index (χ1n) is 6.36. The van der Waals surface area contributed by atoms with Crippen LogP contribution in [0.3, 0.4) is 0 Å². The van der Waals surface area contributed by atoms with E-state index in [-0.39, 0.29) is 5.91 Å². The Hall–Kier alpha value is -2.10. The van der Waals surface area contributed by atoms with Crippen molar-refractivity contribution in [3.05, 3.63) is 41.5 Å². The maximum atomic E-state index is 12.1. The average molecular weight is 259 g/mol. The molecule has 0 aromatic heterocycles. The predicted octanol–water partition coefficient (Wildman–Crippen LogP) is 2.39. The van der Waals surface area contributed by atoms with Gasteiger partial charge >= 0.3 is 5.97 Å². The summed E-state index contributed by atoms with van der Waals surface area (Å²) in [5.74, 6) is -0.920. The van der Waals surface area contributed by atoms with E-state index in [2.05, 4.69) is 0 Å². The van der Waals surface area contributed by atoms with Gasteiger partial charge in [-0.2, -0.15) is 0 Å². The topological polar surface area (TPSA) is 57.6 Å². The van der Waals surface area contributed by atoms with Crippen LogP contribution < -0.4 is 4.90 Å². The molecule has 100 valence electrons. The lowest BCUT2D eigenvalue weighted by atomic mass is 10.1. The first kappa shape index (κ1) is 13.3. The minimum atomic E-state index is -0.979. The summed E-state index contributed by atoms with van der Waals surface area (Å²) in [5, 5.41) is 8.75. The molecule has 1 aliphatic rings. The second-order valence-corrected chi connectivity index (χ2v) is 4.79. The number of aryl methyl sites for hydroxylation is 1. The van der Waals surface area contributed by atoms with E-state index in [1.807, 2.05) is 24.3 Å². The number of benzene rings is 1. The summed E-state index contributed by atoms with van der Waals surface area (Å²) < 4.78 is 0. The molecule has 0 atom stereocenters. The number of rotatable bonds is 3. The average Bonchev–Trinajstić information content (AvgIpc) is 2.49. The van der Waals surface area contributed by atoms with Gasteiger partial charge in [0.15, 0.2) is 0 Å². The van der Waals surface area contributed by atoms with Crippen LogP contribution in [-0.4, -0.2) is 23.5 Å². The second kappa shape index (κ2) is 5.69. The Morgan fingerprint density at radius 1 is 1.37 bits per heavy atom. The van der Waals surface area contributed by atoms with Crippen LogP contribution in [0.15, 0.2) is 35.9 Å². The molecule has 0 radical (unpaired) electrons. The van der Waals surface area contributed by atoms with E-state index in [0.717, 1.165) is 30.2 Å². The zero-order chi connectivity index (χ0) is 13.8. The number of fused-ring (bicyclic) bond motifs is 1. The van der Waals surface area contributed by atoms with Crippen LogP contribution in [0.5, 0.6) is 0 Å². The number of anilines is 1. The number of aliphatic carboxylic acids is 1. The minimum Gasteiger partial charge on any atom is -0.478 e. The highest BCUT2D eigenvalue weighted by molar-refractivity contribution is 5.95. The third-order valence-corrected chi connectivity index (χ3v) is 3.20. The van der Waals surface area contributed by atoms with Crippen molar-refractivity contribution < 1.29 is 14.7 Å². The van der Waals surface area contributed by atoms with Crippen molar-refractivity contribution in [3.63, 3.8) is 0 Å². The molecule has 1 aromatic carbocycles. The fourth-order valence-corrected chi connectivity index (χ4v) is 2.36. The Bertz CT molecular complexity index is 534. The minimum absolute atomic E-state index is 0.0584. The third-order valence-electron chi connectivity index (χ3n) is 3.20. The summed E-state index contributed by atoms with van der Waals surface area (Å²) in [5.41, 5.74) is 2.72. The molecule has 0 bridgehead atoms. The standard InChI is InChI=1S/C15H17NO3/c1-11(9-15(18)19)10-16-13-7-3-2-5-12(13)6-4-8-14(16)17/h2-3,5,7,9H,4,6,8,10H2,1H3,(H,18,19). The van der Waals surface area contributed by atoms with Crippen molar-refractivity contribution in [2.45, 2.75) is 26.2 Å². The summed E-state index contributed by atoms with van der Waals surface area (Å²) in [7, 11) is 0. The van der Waals surface area contributed by atoms with Crippen molar-refractivity contribution in [1.82, 2.24) is 0 Å². The van der Waals surface area contributed by atoms with Gasteiger partial charge < -0.3 is 10.0 Å². The summed E-state index contributed by atoms with van der Waals surface area (Å²) in [6, 6.07) is 7.82. The van der Waals surface area contributed by atoms with E-state index < -0.39 is 5.97 Å². The van der Waals surface area contributed by atoms with E-state index in [1.165, 1.54) is 0 Å². The number of carboxylic acids is 1. The lowest BCUT2D eigenvalue weighted by Crippen LogP contribution is -2.31. The van der Waals surface area contributed by atoms with Gasteiger partial charge in [-0.3, -0.25) is 4.79 Å². The highest BCUT2D eigenvalue weighted by Gasteiger charge is 2.21. The fraction of sp³-hybridized carbons (Fsp3) is 0.333. The molecule has 0 aliphatic carbocycles. The smallest absolute Gasteiger partial charge is 0.328 e. The van der Waals surface area contributed by atoms with E-state index in [1.54, 1.807) is 11.8 Å². The molecule has 1 amide bonds. The fourth-order valence-electron chi connectivity index (χ4n) is 2.36. The van der Waals surface area contributed by atoms with Gasteiger partial charge in [0.2, 0.25) is 5.91 Å². The molecular formula is C15H17NO3. The summed E-state index contributed by atoms with van der Waals surface area (Å²) in [6.45, 7) is 2.07. The molecule has 19 heavy (non-hydrogen) atoms. The molecule has 0 saturated heterocycles. The maximum absolute atomic E-state index is 12.1. The van der Waals surface area contributed by atoms with Crippen molar-refractivity contribution in [2.75, 3.05) is 11.4 Å². The van der Waals surface area contributed by atoms with Gasteiger partial charge in [-0.25, -0.2) is 4.79 Å². The summed E-state index contributed by atoms with van der Waals surface area (Å²) in [4.78, 5) is 24.5. The van der Waals surface area contributed by atoms with Gasteiger partial charge in [0.25, 0.3) is 0 Å². The lowest BCUT2D eigenvalue weighted by molar-refractivity contribution is -0.131. The number of amides is 1. The van der Waals surface area contributed by atoms with Crippen LogP contribution in [-0.2, 0) is 16.0 Å². The summed E-state index contributed by atoms with van der Waals surface area (Å²) >= 11 is 0. The first-order valence-corrected chi connectivity index (χ1v) is 6.36. The van der Waals surface area contributed by atoms with E-state index in [0.29, 0.717) is 18.5 Å². The van der Waals surface area contributed by atoms with E-state index in [9.17, 15) is 9.59 Å². The number of nitrogens with zero attached hydrogens (tertiary/aromatic N) is 1. The van der Waals surface area contributed by atoms with Gasteiger partial charge in [0.1, 0.15) is 0 Å². The third kappa shape index (κ3) is 3.22. The van der Waals surface area contributed by atoms with Gasteiger partial charge in [-0.05, 0) is 37.0 Å². The number of carboxylic acid groups (broad SMARTS) is 1. The summed E-state index contributed by atoms with van der Waals surface area (Å²) in [6.07, 6.45) is 3.39. The number of carbonyl (C=O) groups is 2. The molecule has 1 N–H and O–H groups in total. The SMILES string of the molecule is CC(=CC(=O)O)CN1C(=O)CCCc2ccccc21. The second-order valence-electron chi connectivity index (χ2n) is 4.79. The quantitative estimate of drug-likeness (QED) is 0.848. The van der Waals surface area contributed by atoms with Crippen LogP contribution >= 0.6 is 0 Å². The van der Waals surface area contributed by atoms with Crippen molar-refractivity contribution in [3.8, 4) is 0 Å². The molecule has 4 heteroatoms. The Morgan fingerprint density at radius 2 is 2.11 bits per heavy atom. The number of para-hydroxylation sites is 1. The van der Waals surface area contributed by atoms with Crippen LogP contribution in [0.4, 0.5) is 5.69 Å². The highest BCUT2D eigenvalue weighted by Crippen LogP contribution is 2.27. The van der Waals surface area contributed by atoms with Gasteiger partial charge in [-0.15, -0.1) is 0 Å². The van der Waals surface area contributed by atoms with Crippen LogP contribution in [0.1, 0.15) is 25.3 Å². The molecule has 0 saturated carbocycles. The molecule has 0 unspecified atom stereocenters. The molecule has 4 nitrogen and oxygen atoms in total. The molecule has 1 heterocycles. The Morgan fingerprint density at radius 3 is 2.84 bits per heavy atom. The zero-order valence-electron chi connectivity index (χ0n) is 10.9. The molecule has 2 rings (SSSR count). The van der Waals surface area contributed by atoms with Gasteiger partial charge in [0.05, 0.1) is 0 Å². The van der Waals surface area contributed by atoms with Gasteiger partial charge in [0, 0.05) is 24.7 Å². The van der Waals surface area contributed by atoms with Crippen molar-refractivity contribution in [2.24, 2.45) is 0 Å². The zero-order valence-corrected chi connectivity index (χ0v) is 10.9. The Kier molecular flexibility index (Phi) is 4.00. The molecule has 1 aliphatic heterocycles. The molecule has 0 fully saturated rings. The number of hydrogen-bond donors (Lipinski definition) is 1. The van der Waals surface area contributed by atoms with Crippen molar-refractivity contribution in [1.29, 1.82) is 0 Å². The highest BCUT2D eigenvalue weighted by atomic mass is 16.4. The number of carbonyl (C=O) groups excluding carboxylic acids is 1. The monoisotopic (exact) mass is 259 g/mol. The van der Waals surface area contributed by atoms with E-state index in [4.69, 9.17) is 5.11 Å². The molecule has 1 aromatic rings. The number of hydrogen-bond acceptors (Lipinski definition) is 2. The van der Waals surface area contributed by atoms with Crippen molar-refractivity contribution >= 4 is 17.6 Å². The van der Waals surface area contributed by atoms with E-state index >= 15 is 0 Å². The largest absolute Gasteiger partial charge is 0.478 e. The molecule has 0 spiro atoms.